The summed E-state index contributed by atoms with van der Waals surface area (Å²) in [5, 5.41) is 10.8. The molecule has 0 aliphatic heterocycles. The predicted octanol–water partition coefficient (Wildman–Crippen LogP) is 1.05. The number of methoxy groups -OCH3 is 1. The molecule has 1 rings (SSSR count). The molecule has 1 aromatic carbocycles. The molecule has 0 aliphatic rings. The normalized spacial score (nSPS) is 10.7. The van der Waals surface area contributed by atoms with E-state index >= 15 is 0 Å². The molecule has 6 nitrogen and oxygen atoms in total. The molecular formula is C13H17NO5. The number of ether oxygens (including phenoxy) is 2. The Morgan fingerprint density at radius 3 is 2.21 bits per heavy atom. The van der Waals surface area contributed by atoms with Crippen molar-refractivity contribution in [3.05, 3.63) is 24.3 Å². The summed E-state index contributed by atoms with van der Waals surface area (Å²) in [5.41, 5.74) is -1.16. The topological polar surface area (TPSA) is 84.9 Å². The lowest BCUT2D eigenvalue weighted by atomic mass is 10.1. The maximum Gasteiger partial charge on any atom is 0.322 e. The molecular weight excluding hydrogens is 250 g/mol. The number of amides is 1. The third kappa shape index (κ3) is 4.50. The lowest BCUT2D eigenvalue weighted by Crippen LogP contribution is -2.47. The van der Waals surface area contributed by atoms with Crippen LogP contribution in [0, 0.1) is 0 Å². The number of carboxylic acid groups (broad SMARTS) is 1. The van der Waals surface area contributed by atoms with Gasteiger partial charge in [-0.3, -0.25) is 9.59 Å². The molecule has 0 aromatic heterocycles. The van der Waals surface area contributed by atoms with Gasteiger partial charge in [-0.15, -0.1) is 0 Å². The van der Waals surface area contributed by atoms with Crippen LogP contribution in [0.4, 0.5) is 0 Å². The Balaban J connectivity index is 2.66. The molecule has 0 saturated carbocycles. The fraction of sp³-hybridized carbons (Fsp3) is 0.385. The van der Waals surface area contributed by atoms with Gasteiger partial charge in [-0.1, -0.05) is 0 Å². The number of benzene rings is 1. The Morgan fingerprint density at radius 2 is 1.74 bits per heavy atom. The minimum absolute atomic E-state index is 0.436. The Kier molecular flexibility index (Phi) is 4.74. The quantitative estimate of drug-likeness (QED) is 0.804. The number of carboxylic acids is 1. The van der Waals surface area contributed by atoms with Gasteiger partial charge in [0.1, 0.15) is 18.0 Å². The van der Waals surface area contributed by atoms with E-state index in [4.69, 9.17) is 14.6 Å². The first-order chi connectivity index (χ1) is 8.85. The summed E-state index contributed by atoms with van der Waals surface area (Å²) in [6.45, 7) is 2.69. The maximum atomic E-state index is 11.8. The molecule has 0 heterocycles. The van der Waals surface area contributed by atoms with Crippen molar-refractivity contribution < 1.29 is 24.2 Å². The van der Waals surface area contributed by atoms with Crippen LogP contribution in [0.15, 0.2) is 24.3 Å². The molecule has 19 heavy (non-hydrogen) atoms. The highest BCUT2D eigenvalue weighted by Crippen LogP contribution is 2.21. The average Bonchev–Trinajstić information content (AvgIpc) is 2.36. The van der Waals surface area contributed by atoms with Gasteiger partial charge in [-0.2, -0.15) is 0 Å². The zero-order valence-corrected chi connectivity index (χ0v) is 11.1. The molecule has 0 unspecified atom stereocenters. The van der Waals surface area contributed by atoms with Crippen LogP contribution in [-0.4, -0.2) is 36.2 Å². The first-order valence-electron chi connectivity index (χ1n) is 5.68. The Hall–Kier alpha value is -2.24. The van der Waals surface area contributed by atoms with E-state index in [-0.39, 0.29) is 0 Å². The SMILES string of the molecule is COc1ccc(OC(C)(C)C(=O)NCC(=O)O)cc1. The van der Waals surface area contributed by atoms with Crippen LogP contribution in [-0.2, 0) is 9.59 Å². The molecule has 0 saturated heterocycles. The monoisotopic (exact) mass is 267 g/mol. The van der Waals surface area contributed by atoms with E-state index in [2.05, 4.69) is 5.32 Å². The van der Waals surface area contributed by atoms with Crippen LogP contribution in [0.2, 0.25) is 0 Å². The van der Waals surface area contributed by atoms with Gasteiger partial charge in [-0.25, -0.2) is 0 Å². The van der Waals surface area contributed by atoms with E-state index in [0.29, 0.717) is 11.5 Å². The van der Waals surface area contributed by atoms with E-state index in [1.807, 2.05) is 0 Å². The number of carbonyl (C=O) groups excluding carboxylic acids is 1. The lowest BCUT2D eigenvalue weighted by Gasteiger charge is -2.25. The van der Waals surface area contributed by atoms with Crippen molar-refractivity contribution in [1.29, 1.82) is 0 Å². The lowest BCUT2D eigenvalue weighted by molar-refractivity contribution is -0.141. The first-order valence-corrected chi connectivity index (χ1v) is 5.68. The second-order valence-corrected chi connectivity index (χ2v) is 4.36. The second-order valence-electron chi connectivity index (χ2n) is 4.36. The standard InChI is InChI=1S/C13H17NO5/c1-13(2,12(17)14-8-11(15)16)19-10-6-4-9(18-3)5-7-10/h4-7H,8H2,1-3H3,(H,14,17)(H,15,16). The first kappa shape index (κ1) is 14.8. The average molecular weight is 267 g/mol. The van der Waals surface area contributed by atoms with Crippen molar-refractivity contribution in [1.82, 2.24) is 5.32 Å². The fourth-order valence-electron chi connectivity index (χ4n) is 1.35. The molecule has 0 atom stereocenters. The van der Waals surface area contributed by atoms with E-state index in [1.165, 1.54) is 0 Å². The maximum absolute atomic E-state index is 11.8. The van der Waals surface area contributed by atoms with Gasteiger partial charge >= 0.3 is 5.97 Å². The predicted molar refractivity (Wildman–Crippen MR) is 68.3 cm³/mol. The fourth-order valence-corrected chi connectivity index (χ4v) is 1.35. The van der Waals surface area contributed by atoms with Gasteiger partial charge in [0.2, 0.25) is 0 Å². The second kappa shape index (κ2) is 6.08. The smallest absolute Gasteiger partial charge is 0.322 e. The number of hydrogen-bond donors (Lipinski definition) is 2. The molecule has 0 bridgehead atoms. The summed E-state index contributed by atoms with van der Waals surface area (Å²) >= 11 is 0. The minimum Gasteiger partial charge on any atom is -0.497 e. The largest absolute Gasteiger partial charge is 0.497 e. The Bertz CT molecular complexity index is 453. The van der Waals surface area contributed by atoms with Gasteiger partial charge < -0.3 is 19.9 Å². The zero-order chi connectivity index (χ0) is 14.5. The molecule has 0 spiro atoms. The highest BCUT2D eigenvalue weighted by atomic mass is 16.5. The summed E-state index contributed by atoms with van der Waals surface area (Å²) in [7, 11) is 1.55. The van der Waals surface area contributed by atoms with Crippen molar-refractivity contribution in [2.75, 3.05) is 13.7 Å². The molecule has 6 heteroatoms. The van der Waals surface area contributed by atoms with Crippen LogP contribution in [0.1, 0.15) is 13.8 Å². The number of hydrogen-bond acceptors (Lipinski definition) is 4. The van der Waals surface area contributed by atoms with Crippen LogP contribution in [0.5, 0.6) is 11.5 Å². The van der Waals surface area contributed by atoms with Crippen LogP contribution < -0.4 is 14.8 Å². The molecule has 104 valence electrons. The van der Waals surface area contributed by atoms with Crippen LogP contribution in [0.25, 0.3) is 0 Å². The molecule has 2 N–H and O–H groups in total. The van der Waals surface area contributed by atoms with Crippen molar-refractivity contribution in [3.63, 3.8) is 0 Å². The Labute approximate surface area is 111 Å². The van der Waals surface area contributed by atoms with Gasteiger partial charge in [0.25, 0.3) is 5.91 Å². The number of nitrogens with one attached hydrogen (secondary N) is 1. The highest BCUT2D eigenvalue weighted by Gasteiger charge is 2.30. The number of carbonyl (C=O) groups is 2. The molecule has 0 aliphatic carbocycles. The highest BCUT2D eigenvalue weighted by molar-refractivity contribution is 5.87. The van der Waals surface area contributed by atoms with Crippen molar-refractivity contribution >= 4 is 11.9 Å². The van der Waals surface area contributed by atoms with Crippen molar-refractivity contribution in [2.45, 2.75) is 19.4 Å². The van der Waals surface area contributed by atoms with Gasteiger partial charge in [0.15, 0.2) is 5.60 Å². The van der Waals surface area contributed by atoms with E-state index < -0.39 is 24.0 Å². The van der Waals surface area contributed by atoms with Gasteiger partial charge in [0.05, 0.1) is 7.11 Å². The molecule has 0 fully saturated rings. The van der Waals surface area contributed by atoms with Crippen molar-refractivity contribution in [3.8, 4) is 11.5 Å². The number of aliphatic carboxylic acids is 1. The summed E-state index contributed by atoms with van der Waals surface area (Å²) in [4.78, 5) is 22.2. The van der Waals surface area contributed by atoms with Crippen LogP contribution in [0.3, 0.4) is 0 Å². The summed E-state index contributed by atoms with van der Waals surface area (Å²) in [5.74, 6) is -0.420. The number of rotatable bonds is 6. The summed E-state index contributed by atoms with van der Waals surface area (Å²) < 4.78 is 10.5. The molecule has 0 radical (unpaired) electrons. The van der Waals surface area contributed by atoms with Crippen molar-refractivity contribution in [2.24, 2.45) is 0 Å². The molecule has 1 amide bonds. The van der Waals surface area contributed by atoms with Gasteiger partial charge in [-0.05, 0) is 38.1 Å². The third-order valence-electron chi connectivity index (χ3n) is 2.38. The van der Waals surface area contributed by atoms with E-state index in [1.54, 1.807) is 45.2 Å². The zero-order valence-electron chi connectivity index (χ0n) is 11.1. The summed E-state index contributed by atoms with van der Waals surface area (Å²) in [6.07, 6.45) is 0. The third-order valence-corrected chi connectivity index (χ3v) is 2.38. The minimum atomic E-state index is -1.16. The Morgan fingerprint density at radius 1 is 1.21 bits per heavy atom. The van der Waals surface area contributed by atoms with E-state index in [0.717, 1.165) is 0 Å². The summed E-state index contributed by atoms with van der Waals surface area (Å²) in [6, 6.07) is 6.76. The van der Waals surface area contributed by atoms with Crippen LogP contribution >= 0.6 is 0 Å². The van der Waals surface area contributed by atoms with E-state index in [9.17, 15) is 9.59 Å². The molecule has 1 aromatic rings. The van der Waals surface area contributed by atoms with Gasteiger partial charge in [0, 0.05) is 0 Å².